The van der Waals surface area contributed by atoms with Crippen molar-refractivity contribution in [3.05, 3.63) is 23.3 Å². The Balaban J connectivity index is 2.22. The number of hydrogen-bond donors (Lipinski definition) is 2. The lowest BCUT2D eigenvalue weighted by Gasteiger charge is -2.30. The second-order valence-electron chi connectivity index (χ2n) is 6.17. The average molecular weight is 306 g/mol. The highest BCUT2D eigenvalue weighted by molar-refractivity contribution is 5.80. The lowest BCUT2D eigenvalue weighted by molar-refractivity contribution is -0.141. The Kier molecular flexibility index (Phi) is 5.83. The molecule has 0 bridgehead atoms. The number of phenols is 1. The van der Waals surface area contributed by atoms with E-state index in [9.17, 15) is 9.90 Å². The van der Waals surface area contributed by atoms with E-state index >= 15 is 0 Å². The third-order valence-corrected chi connectivity index (χ3v) is 4.49. The van der Waals surface area contributed by atoms with E-state index in [0.717, 1.165) is 36.8 Å². The SMILES string of the molecule is CCCCCc1cc(O)c2c(c1)OC(=O)C(CCCO)C2C. The van der Waals surface area contributed by atoms with Gasteiger partial charge in [0.25, 0.3) is 0 Å². The number of ether oxygens (including phenoxy) is 1. The predicted octanol–water partition coefficient (Wildman–Crippen LogP) is 3.54. The highest BCUT2D eigenvalue weighted by Gasteiger charge is 2.36. The first-order valence-electron chi connectivity index (χ1n) is 8.26. The Bertz CT molecular complexity index is 524. The van der Waals surface area contributed by atoms with Crippen molar-refractivity contribution in [1.82, 2.24) is 0 Å². The molecule has 0 saturated heterocycles. The van der Waals surface area contributed by atoms with E-state index in [-0.39, 0.29) is 30.2 Å². The van der Waals surface area contributed by atoms with Crippen LogP contribution in [0.2, 0.25) is 0 Å². The Morgan fingerprint density at radius 1 is 1.23 bits per heavy atom. The van der Waals surface area contributed by atoms with Gasteiger partial charge in [-0.1, -0.05) is 26.7 Å². The average Bonchev–Trinajstić information content (AvgIpc) is 2.46. The van der Waals surface area contributed by atoms with Gasteiger partial charge in [-0.05, 0) is 43.4 Å². The number of rotatable bonds is 7. The van der Waals surface area contributed by atoms with E-state index in [0.29, 0.717) is 18.6 Å². The molecule has 4 nitrogen and oxygen atoms in total. The molecule has 1 aliphatic heterocycles. The highest BCUT2D eigenvalue weighted by Crippen LogP contribution is 2.44. The molecule has 122 valence electrons. The molecule has 0 spiro atoms. The lowest BCUT2D eigenvalue weighted by Crippen LogP contribution is -2.30. The van der Waals surface area contributed by atoms with E-state index in [4.69, 9.17) is 9.84 Å². The van der Waals surface area contributed by atoms with Gasteiger partial charge in [0.05, 0.1) is 5.92 Å². The quantitative estimate of drug-likeness (QED) is 0.459. The van der Waals surface area contributed by atoms with Crippen LogP contribution in [-0.4, -0.2) is 22.8 Å². The summed E-state index contributed by atoms with van der Waals surface area (Å²) < 4.78 is 5.46. The van der Waals surface area contributed by atoms with Crippen LogP contribution < -0.4 is 4.74 Å². The summed E-state index contributed by atoms with van der Waals surface area (Å²) in [4.78, 5) is 12.2. The number of benzene rings is 1. The number of hydrogen-bond acceptors (Lipinski definition) is 4. The van der Waals surface area contributed by atoms with Crippen molar-refractivity contribution in [2.75, 3.05) is 6.61 Å². The standard InChI is InChI=1S/C18H26O4/c1-3-4-5-7-13-10-15(20)17-12(2)14(8-6-9-19)18(21)22-16(17)11-13/h10-12,14,19-20H,3-9H2,1-2H3. The van der Waals surface area contributed by atoms with Crippen molar-refractivity contribution < 1.29 is 19.7 Å². The molecule has 0 fully saturated rings. The summed E-state index contributed by atoms with van der Waals surface area (Å²) in [6.07, 6.45) is 5.39. The first-order chi connectivity index (χ1) is 10.6. The molecule has 0 saturated carbocycles. The van der Waals surface area contributed by atoms with Crippen LogP contribution in [0.1, 0.15) is 63.0 Å². The van der Waals surface area contributed by atoms with Crippen molar-refractivity contribution in [3.8, 4) is 11.5 Å². The molecular weight excluding hydrogens is 280 g/mol. The predicted molar refractivity (Wildman–Crippen MR) is 85.2 cm³/mol. The molecule has 0 amide bonds. The van der Waals surface area contributed by atoms with Gasteiger partial charge in [0.2, 0.25) is 0 Å². The molecule has 22 heavy (non-hydrogen) atoms. The van der Waals surface area contributed by atoms with Crippen LogP contribution in [0.5, 0.6) is 11.5 Å². The summed E-state index contributed by atoms with van der Waals surface area (Å²) in [5.74, 6) is 0.0878. The van der Waals surface area contributed by atoms with Crippen LogP contribution in [-0.2, 0) is 11.2 Å². The smallest absolute Gasteiger partial charge is 0.314 e. The van der Waals surface area contributed by atoms with Gasteiger partial charge in [-0.2, -0.15) is 0 Å². The molecule has 1 aliphatic rings. The molecule has 1 aromatic carbocycles. The number of aryl methyl sites for hydroxylation is 1. The summed E-state index contributed by atoms with van der Waals surface area (Å²) in [6, 6.07) is 3.69. The number of fused-ring (bicyclic) bond motifs is 1. The molecule has 1 heterocycles. The normalized spacial score (nSPS) is 20.6. The van der Waals surface area contributed by atoms with Crippen LogP contribution in [0.25, 0.3) is 0 Å². The number of aliphatic hydroxyl groups is 1. The van der Waals surface area contributed by atoms with Crippen molar-refractivity contribution in [2.24, 2.45) is 5.92 Å². The number of esters is 1. The number of carbonyl (C=O) groups excluding carboxylic acids is 1. The van der Waals surface area contributed by atoms with Crippen LogP contribution in [0, 0.1) is 5.92 Å². The fourth-order valence-electron chi connectivity index (χ4n) is 3.20. The summed E-state index contributed by atoms with van der Waals surface area (Å²) in [7, 11) is 0. The third kappa shape index (κ3) is 3.61. The maximum absolute atomic E-state index is 12.2. The van der Waals surface area contributed by atoms with E-state index in [1.165, 1.54) is 0 Å². The van der Waals surface area contributed by atoms with Gasteiger partial charge in [0.1, 0.15) is 11.5 Å². The molecule has 0 aromatic heterocycles. The van der Waals surface area contributed by atoms with E-state index in [1.807, 2.05) is 13.0 Å². The molecule has 2 N–H and O–H groups in total. The lowest BCUT2D eigenvalue weighted by atomic mass is 9.81. The van der Waals surface area contributed by atoms with Crippen LogP contribution in [0.3, 0.4) is 0 Å². The topological polar surface area (TPSA) is 66.8 Å². The van der Waals surface area contributed by atoms with Crippen molar-refractivity contribution >= 4 is 5.97 Å². The minimum Gasteiger partial charge on any atom is -0.508 e. The Hall–Kier alpha value is -1.55. The van der Waals surface area contributed by atoms with Crippen LogP contribution in [0.15, 0.2) is 12.1 Å². The van der Waals surface area contributed by atoms with Crippen LogP contribution >= 0.6 is 0 Å². The largest absolute Gasteiger partial charge is 0.508 e. The fourth-order valence-corrected chi connectivity index (χ4v) is 3.20. The van der Waals surface area contributed by atoms with Gasteiger partial charge in [-0.3, -0.25) is 4.79 Å². The first kappa shape index (κ1) is 16.8. The zero-order valence-electron chi connectivity index (χ0n) is 13.5. The Morgan fingerprint density at radius 3 is 2.68 bits per heavy atom. The Labute approximate surface area is 132 Å². The fraction of sp³-hybridized carbons (Fsp3) is 0.611. The molecule has 4 heteroatoms. The first-order valence-corrected chi connectivity index (χ1v) is 8.26. The molecular formula is C18H26O4. The zero-order chi connectivity index (χ0) is 16.1. The van der Waals surface area contributed by atoms with Gasteiger partial charge >= 0.3 is 5.97 Å². The zero-order valence-corrected chi connectivity index (χ0v) is 13.5. The molecule has 2 rings (SSSR count). The minimum absolute atomic E-state index is 0.0612. The summed E-state index contributed by atoms with van der Waals surface area (Å²) in [5, 5.41) is 19.3. The number of aliphatic hydroxyl groups excluding tert-OH is 1. The van der Waals surface area contributed by atoms with E-state index in [1.54, 1.807) is 6.07 Å². The van der Waals surface area contributed by atoms with E-state index in [2.05, 4.69) is 6.92 Å². The van der Waals surface area contributed by atoms with Gasteiger partial charge < -0.3 is 14.9 Å². The van der Waals surface area contributed by atoms with Crippen molar-refractivity contribution in [2.45, 2.75) is 58.3 Å². The Morgan fingerprint density at radius 2 is 2.00 bits per heavy atom. The van der Waals surface area contributed by atoms with Gasteiger partial charge in [-0.15, -0.1) is 0 Å². The molecule has 0 radical (unpaired) electrons. The second-order valence-corrected chi connectivity index (χ2v) is 6.17. The number of phenolic OH excluding ortho intramolecular Hbond substituents is 1. The number of unbranched alkanes of at least 4 members (excludes halogenated alkanes) is 2. The maximum Gasteiger partial charge on any atom is 0.314 e. The van der Waals surface area contributed by atoms with Crippen molar-refractivity contribution in [3.63, 3.8) is 0 Å². The van der Waals surface area contributed by atoms with Gasteiger partial charge in [-0.25, -0.2) is 0 Å². The maximum atomic E-state index is 12.2. The number of carbonyl (C=O) groups is 1. The van der Waals surface area contributed by atoms with Gasteiger partial charge in [0, 0.05) is 18.1 Å². The molecule has 1 aromatic rings. The monoisotopic (exact) mass is 306 g/mol. The minimum atomic E-state index is -0.295. The molecule has 0 aliphatic carbocycles. The second kappa shape index (κ2) is 7.63. The summed E-state index contributed by atoms with van der Waals surface area (Å²) >= 11 is 0. The van der Waals surface area contributed by atoms with Crippen molar-refractivity contribution in [1.29, 1.82) is 0 Å². The summed E-state index contributed by atoms with van der Waals surface area (Å²) in [5.41, 5.74) is 1.74. The molecule has 2 atom stereocenters. The summed E-state index contributed by atoms with van der Waals surface area (Å²) in [6.45, 7) is 4.16. The molecule has 2 unspecified atom stereocenters. The van der Waals surface area contributed by atoms with Crippen LogP contribution in [0.4, 0.5) is 0 Å². The highest BCUT2D eigenvalue weighted by atomic mass is 16.5. The number of aromatic hydroxyl groups is 1. The third-order valence-electron chi connectivity index (χ3n) is 4.49. The van der Waals surface area contributed by atoms with E-state index < -0.39 is 0 Å². The van der Waals surface area contributed by atoms with Gasteiger partial charge in [0.15, 0.2) is 0 Å².